The van der Waals surface area contributed by atoms with Gasteiger partial charge in [-0.05, 0) is 25.1 Å². The van der Waals surface area contributed by atoms with Crippen molar-refractivity contribution in [3.8, 4) is 0 Å². The monoisotopic (exact) mass is 308 g/mol. The number of methoxy groups -OCH3 is 1. The summed E-state index contributed by atoms with van der Waals surface area (Å²) in [6, 6.07) is 4.31. The summed E-state index contributed by atoms with van der Waals surface area (Å²) in [6.07, 6.45) is -4.49. The van der Waals surface area contributed by atoms with Crippen LogP contribution in [0.1, 0.15) is 19.4 Å². The minimum absolute atomic E-state index is 0.0445. The van der Waals surface area contributed by atoms with Gasteiger partial charge in [-0.1, -0.05) is 13.0 Å². The van der Waals surface area contributed by atoms with Crippen LogP contribution in [0.25, 0.3) is 0 Å². The quantitative estimate of drug-likeness (QED) is 0.803. The fourth-order valence-electron chi connectivity index (χ4n) is 1.58. The van der Waals surface area contributed by atoms with Gasteiger partial charge < -0.3 is 4.74 Å². The van der Waals surface area contributed by atoms with E-state index >= 15 is 0 Å². The molecule has 1 rings (SSSR count). The zero-order valence-electron chi connectivity index (χ0n) is 11.2. The first-order valence-electron chi connectivity index (χ1n) is 5.84. The first-order valence-corrected chi connectivity index (χ1v) is 7.05. The average Bonchev–Trinajstić information content (AvgIpc) is 2.43. The van der Waals surface area contributed by atoms with Crippen LogP contribution in [-0.4, -0.2) is 22.5 Å². The molecule has 0 bridgehead atoms. The smallest absolute Gasteiger partial charge is 0.416 e. The lowest BCUT2D eigenvalue weighted by molar-refractivity contribution is -0.144. The maximum absolute atomic E-state index is 12.6. The molecule has 0 fully saturated rings. The van der Waals surface area contributed by atoms with E-state index in [9.17, 15) is 22.2 Å². The van der Waals surface area contributed by atoms with Crippen molar-refractivity contribution >= 4 is 16.8 Å². The fraction of sp³-hybridized carbons (Fsp3) is 0.462. The van der Waals surface area contributed by atoms with Crippen LogP contribution in [-0.2, 0) is 26.5 Å². The molecule has 0 radical (unpaired) electrons. The highest BCUT2D eigenvalue weighted by molar-refractivity contribution is 7.85. The predicted molar refractivity (Wildman–Crippen MR) is 68.5 cm³/mol. The summed E-state index contributed by atoms with van der Waals surface area (Å²) < 4.78 is 54.6. The van der Waals surface area contributed by atoms with Gasteiger partial charge in [-0.3, -0.25) is 9.00 Å². The maximum atomic E-state index is 12.6. The molecule has 0 N–H and O–H groups in total. The van der Waals surface area contributed by atoms with Crippen LogP contribution in [0, 0.1) is 5.92 Å². The van der Waals surface area contributed by atoms with Crippen molar-refractivity contribution in [1.29, 1.82) is 0 Å². The van der Waals surface area contributed by atoms with Crippen LogP contribution in [0.15, 0.2) is 29.2 Å². The number of halogens is 3. The van der Waals surface area contributed by atoms with Gasteiger partial charge in [-0.25, -0.2) is 0 Å². The van der Waals surface area contributed by atoms with E-state index < -0.39 is 39.7 Å². The standard InChI is InChI=1S/C13H15F3O3S/c1-8(12(17)19-3)9(2)20(18)11-6-4-5-10(7-11)13(14,15)16/h4-9H,1-3H3. The molecule has 20 heavy (non-hydrogen) atoms. The Bertz CT molecular complexity index is 514. The largest absolute Gasteiger partial charge is 0.469 e. The molecule has 0 heterocycles. The number of hydrogen-bond acceptors (Lipinski definition) is 3. The van der Waals surface area contributed by atoms with Gasteiger partial charge in [0.2, 0.25) is 0 Å². The van der Waals surface area contributed by atoms with Crippen LogP contribution >= 0.6 is 0 Å². The molecule has 0 saturated carbocycles. The summed E-state index contributed by atoms with van der Waals surface area (Å²) >= 11 is 0. The number of carbonyl (C=O) groups is 1. The Morgan fingerprint density at radius 3 is 2.40 bits per heavy atom. The minimum atomic E-state index is -4.49. The molecule has 0 aromatic heterocycles. The van der Waals surface area contributed by atoms with Crippen LogP contribution in [0.2, 0.25) is 0 Å². The number of ether oxygens (including phenoxy) is 1. The molecule has 112 valence electrons. The molecule has 0 aliphatic rings. The lowest BCUT2D eigenvalue weighted by atomic mass is 10.1. The molecule has 3 nitrogen and oxygen atoms in total. The second-order valence-electron chi connectivity index (χ2n) is 4.34. The molecule has 0 aliphatic carbocycles. The van der Waals surface area contributed by atoms with Crippen LogP contribution in [0.4, 0.5) is 13.2 Å². The summed E-state index contributed by atoms with van der Waals surface area (Å²) in [7, 11) is -0.519. The minimum Gasteiger partial charge on any atom is -0.469 e. The van der Waals surface area contributed by atoms with Crippen molar-refractivity contribution in [3.05, 3.63) is 29.8 Å². The normalized spacial score (nSPS) is 16.3. The van der Waals surface area contributed by atoms with Gasteiger partial charge >= 0.3 is 12.1 Å². The number of carbonyl (C=O) groups excluding carboxylic acids is 1. The van der Waals surface area contributed by atoms with E-state index in [-0.39, 0.29) is 4.90 Å². The van der Waals surface area contributed by atoms with Crippen molar-refractivity contribution in [2.45, 2.75) is 30.2 Å². The molecule has 1 aromatic rings. The van der Waals surface area contributed by atoms with Crippen molar-refractivity contribution in [1.82, 2.24) is 0 Å². The van der Waals surface area contributed by atoms with E-state index in [0.717, 1.165) is 12.1 Å². The van der Waals surface area contributed by atoms with Crippen LogP contribution < -0.4 is 0 Å². The van der Waals surface area contributed by atoms with Crippen molar-refractivity contribution in [2.24, 2.45) is 5.92 Å². The topological polar surface area (TPSA) is 43.4 Å². The van der Waals surface area contributed by atoms with Gasteiger partial charge in [0.25, 0.3) is 0 Å². The Morgan fingerprint density at radius 1 is 1.30 bits per heavy atom. The maximum Gasteiger partial charge on any atom is 0.416 e. The molecule has 3 atom stereocenters. The van der Waals surface area contributed by atoms with Gasteiger partial charge in [0, 0.05) is 10.1 Å². The number of hydrogen-bond donors (Lipinski definition) is 0. The van der Waals surface area contributed by atoms with Crippen molar-refractivity contribution < 1.29 is 26.9 Å². The van der Waals surface area contributed by atoms with Crippen molar-refractivity contribution in [3.63, 3.8) is 0 Å². The first kappa shape index (κ1) is 16.7. The third kappa shape index (κ3) is 3.82. The molecular weight excluding hydrogens is 293 g/mol. The van der Waals surface area contributed by atoms with E-state index in [2.05, 4.69) is 4.74 Å². The number of rotatable bonds is 4. The lowest BCUT2D eigenvalue weighted by Gasteiger charge is -2.18. The lowest BCUT2D eigenvalue weighted by Crippen LogP contribution is -2.28. The van der Waals surface area contributed by atoms with E-state index in [4.69, 9.17) is 0 Å². The Balaban J connectivity index is 3.01. The summed E-state index contributed by atoms with van der Waals surface area (Å²) in [5, 5.41) is -0.647. The Labute approximate surface area is 117 Å². The number of esters is 1. The van der Waals surface area contributed by atoms with Gasteiger partial charge in [0.05, 0.1) is 29.4 Å². The van der Waals surface area contributed by atoms with E-state index in [0.29, 0.717) is 0 Å². The van der Waals surface area contributed by atoms with Gasteiger partial charge in [-0.2, -0.15) is 13.2 Å². The van der Waals surface area contributed by atoms with Gasteiger partial charge in [-0.15, -0.1) is 0 Å². The third-order valence-corrected chi connectivity index (χ3v) is 4.81. The zero-order chi connectivity index (χ0) is 15.5. The predicted octanol–water partition coefficient (Wildman–Crippen LogP) is 3.01. The molecule has 7 heteroatoms. The molecule has 0 spiro atoms. The summed E-state index contributed by atoms with van der Waals surface area (Å²) in [5.74, 6) is -1.21. The highest BCUT2D eigenvalue weighted by Crippen LogP contribution is 2.31. The van der Waals surface area contributed by atoms with Gasteiger partial charge in [0.1, 0.15) is 0 Å². The highest BCUT2D eigenvalue weighted by Gasteiger charge is 2.32. The second-order valence-corrected chi connectivity index (χ2v) is 6.15. The average molecular weight is 308 g/mol. The summed E-state index contributed by atoms with van der Waals surface area (Å²) in [4.78, 5) is 11.4. The number of benzene rings is 1. The first-order chi connectivity index (χ1) is 9.18. The Kier molecular flexibility index (Phi) is 5.33. The summed E-state index contributed by atoms with van der Waals surface area (Å²) in [5.41, 5.74) is -0.860. The van der Waals surface area contributed by atoms with Crippen molar-refractivity contribution in [2.75, 3.05) is 7.11 Å². The van der Waals surface area contributed by atoms with Crippen LogP contribution in [0.3, 0.4) is 0 Å². The molecule has 0 aliphatic heterocycles. The van der Waals surface area contributed by atoms with E-state index in [1.807, 2.05) is 0 Å². The zero-order valence-corrected chi connectivity index (χ0v) is 12.0. The molecular formula is C13H15F3O3S. The summed E-state index contributed by atoms with van der Waals surface area (Å²) in [6.45, 7) is 3.07. The highest BCUT2D eigenvalue weighted by atomic mass is 32.2. The SMILES string of the molecule is COC(=O)C(C)C(C)S(=O)c1cccc(C(F)(F)F)c1. The fourth-order valence-corrected chi connectivity index (χ4v) is 2.94. The van der Waals surface area contributed by atoms with Gasteiger partial charge in [0.15, 0.2) is 0 Å². The molecule has 1 aromatic carbocycles. The third-order valence-electron chi connectivity index (χ3n) is 3.01. The van der Waals surface area contributed by atoms with E-state index in [1.54, 1.807) is 0 Å². The second kappa shape index (κ2) is 6.39. The van der Waals surface area contributed by atoms with E-state index in [1.165, 1.54) is 33.1 Å². The molecule has 3 unspecified atom stereocenters. The Hall–Kier alpha value is -1.37. The van der Waals surface area contributed by atoms with Crippen LogP contribution in [0.5, 0.6) is 0 Å². The number of alkyl halides is 3. The molecule has 0 amide bonds. The Morgan fingerprint density at radius 2 is 1.90 bits per heavy atom. The molecule has 0 saturated heterocycles.